The Morgan fingerprint density at radius 3 is 2.12 bits per heavy atom. The molecule has 0 atom stereocenters. The van der Waals surface area contributed by atoms with Crippen LogP contribution < -0.4 is 29.6 Å². The molecule has 0 aliphatic carbocycles. The Morgan fingerprint density at radius 1 is 1.75 bits per heavy atom. The molecule has 0 spiro atoms. The predicted molar refractivity (Wildman–Crippen MR) is 38.0 cm³/mol. The van der Waals surface area contributed by atoms with Crippen LogP contribution in [0.15, 0.2) is 12.7 Å². The molecule has 0 saturated carbocycles. The van der Waals surface area contributed by atoms with Crippen LogP contribution in [0, 0.1) is 10.8 Å². The fraction of sp³-hybridized carbons (Fsp3) is 0.333. The molecule has 0 aliphatic rings. The molecule has 8 heavy (non-hydrogen) atoms. The van der Waals surface area contributed by atoms with Crippen LogP contribution >= 0.6 is 0 Å². The zero-order chi connectivity index (χ0) is 6.12. The number of allylic oxidation sites excluding steroid dienone is 1. The van der Waals surface area contributed by atoms with Gasteiger partial charge in [-0.3, -0.25) is 0 Å². The van der Waals surface area contributed by atoms with E-state index in [9.17, 15) is 0 Å². The van der Waals surface area contributed by atoms with Crippen molar-refractivity contribution < 1.29 is 31.0 Å². The third kappa shape index (κ3) is 30.7. The van der Waals surface area contributed by atoms with E-state index >= 15 is 0 Å². The summed E-state index contributed by atoms with van der Waals surface area (Å²) in [4.78, 5) is 0. The first-order valence-corrected chi connectivity index (χ1v) is 8.88. The minimum atomic E-state index is 0. The van der Waals surface area contributed by atoms with E-state index in [0.717, 1.165) is 0 Å². The molecule has 0 saturated heterocycles. The van der Waals surface area contributed by atoms with Crippen LogP contribution in [-0.4, -0.2) is 18.8 Å². The molecule has 0 rings (SSSR count). The molecular formula is C3H11N2NaSi2. The van der Waals surface area contributed by atoms with Gasteiger partial charge in [0.15, 0.2) is 0 Å². The Bertz CT molecular complexity index is 61.0. The molecule has 0 aliphatic heterocycles. The maximum absolute atomic E-state index is 6.00. The van der Waals surface area contributed by atoms with E-state index in [1.165, 1.54) is 15.8 Å². The summed E-state index contributed by atoms with van der Waals surface area (Å²) in [5.41, 5.74) is 0. The molecule has 0 heterocycles. The number of hydrogen-bond acceptors (Lipinski definition) is 2. The van der Waals surface area contributed by atoms with Gasteiger partial charge in [-0.2, -0.15) is 0 Å². The molecule has 2 nitrogen and oxygen atoms in total. The topological polar surface area (TPSA) is 47.6 Å². The summed E-state index contributed by atoms with van der Waals surface area (Å²) in [6.45, 7) is 3.61. The van der Waals surface area contributed by atoms with E-state index in [2.05, 4.69) is 6.58 Å². The second-order valence-electron chi connectivity index (χ2n) is 1.08. The molecular weight excluding hydrogens is 143 g/mol. The molecule has 0 aromatic heterocycles. The van der Waals surface area contributed by atoms with Gasteiger partial charge >= 0.3 is 29.6 Å². The van der Waals surface area contributed by atoms with Crippen LogP contribution in [0.4, 0.5) is 0 Å². The largest absolute Gasteiger partial charge is 1.00 e. The average Bonchev–Trinajstić information content (AvgIpc) is 1.75. The van der Waals surface area contributed by atoms with E-state index in [4.69, 9.17) is 10.8 Å². The quantitative estimate of drug-likeness (QED) is 0.233. The second kappa shape index (κ2) is 25.6. The van der Waals surface area contributed by atoms with Gasteiger partial charge in [0.1, 0.15) is 0 Å². The molecule has 0 fully saturated rings. The standard InChI is InChI=1S/C3H10Si2.N2.Na.H/c1-2-3-5-4;1-2;;/h2H,1,3,5H2,4H3;;;/q;;+1;-1. The summed E-state index contributed by atoms with van der Waals surface area (Å²) < 4.78 is 0. The summed E-state index contributed by atoms with van der Waals surface area (Å²) in [7, 11) is 1.90. The predicted octanol–water partition coefficient (Wildman–Crippen LogP) is -3.81. The minimum absolute atomic E-state index is 0. The van der Waals surface area contributed by atoms with E-state index in [-0.39, 0.29) is 31.0 Å². The second-order valence-corrected chi connectivity index (χ2v) is 5.65. The summed E-state index contributed by atoms with van der Waals surface area (Å²) in [5, 5.41) is 12.0. The monoisotopic (exact) mass is 154 g/mol. The van der Waals surface area contributed by atoms with Gasteiger partial charge in [0.2, 0.25) is 0 Å². The van der Waals surface area contributed by atoms with E-state index < -0.39 is 0 Å². The summed E-state index contributed by atoms with van der Waals surface area (Å²) in [6.07, 6.45) is 2.03. The fourth-order valence-electron chi connectivity index (χ4n) is 0.204. The SMILES string of the molecule is C=CC[SiH2][SiH3].N#N.[H-].[Na+]. The summed E-state index contributed by atoms with van der Waals surface area (Å²) in [5.74, 6) is 0. The molecule has 0 aromatic carbocycles. The van der Waals surface area contributed by atoms with Gasteiger partial charge < -0.3 is 1.43 Å². The number of rotatable bonds is 2. The van der Waals surface area contributed by atoms with Gasteiger partial charge in [-0.05, 0) is 15.8 Å². The van der Waals surface area contributed by atoms with Gasteiger partial charge in [-0.15, -0.1) is 6.58 Å². The van der Waals surface area contributed by atoms with Gasteiger partial charge in [0.05, 0.1) is 0 Å². The molecule has 0 aromatic rings. The van der Waals surface area contributed by atoms with Crippen LogP contribution in [0.2, 0.25) is 6.04 Å². The normalized spacial score (nSPS) is 6.75. The Hall–Kier alpha value is 0.594. The maximum Gasteiger partial charge on any atom is 1.00 e. The van der Waals surface area contributed by atoms with Gasteiger partial charge in [0.25, 0.3) is 0 Å². The molecule has 42 valence electrons. The summed E-state index contributed by atoms with van der Waals surface area (Å²) >= 11 is 0. The molecule has 5 heteroatoms. The molecule has 0 unspecified atom stereocenters. The van der Waals surface area contributed by atoms with Crippen LogP contribution in [0.1, 0.15) is 1.43 Å². The Morgan fingerprint density at radius 2 is 2.12 bits per heavy atom. The van der Waals surface area contributed by atoms with E-state index in [0.29, 0.717) is 9.04 Å². The van der Waals surface area contributed by atoms with Gasteiger partial charge in [-0.1, -0.05) is 6.08 Å². The Kier molecular flexibility index (Phi) is 50.6. The van der Waals surface area contributed by atoms with Crippen molar-refractivity contribution in [1.29, 1.82) is 10.8 Å². The maximum atomic E-state index is 6.00. The van der Waals surface area contributed by atoms with Crippen molar-refractivity contribution >= 4 is 18.8 Å². The number of hydrogen-bond donors (Lipinski definition) is 0. The zero-order valence-electron chi connectivity index (χ0n) is 6.59. The molecule has 0 radical (unpaired) electrons. The third-order valence-electron chi connectivity index (χ3n) is 0.493. The first-order chi connectivity index (χ1) is 3.41. The summed E-state index contributed by atoms with van der Waals surface area (Å²) in [6, 6.07) is 1.35. The minimum Gasteiger partial charge on any atom is -1.00 e. The van der Waals surface area contributed by atoms with Crippen LogP contribution in [-0.2, 0) is 0 Å². The van der Waals surface area contributed by atoms with Crippen molar-refractivity contribution in [1.82, 2.24) is 0 Å². The van der Waals surface area contributed by atoms with Crippen molar-refractivity contribution in [2.45, 2.75) is 6.04 Å². The van der Waals surface area contributed by atoms with Crippen LogP contribution in [0.3, 0.4) is 0 Å². The fourth-order valence-corrected chi connectivity index (χ4v) is 1.84. The van der Waals surface area contributed by atoms with Crippen molar-refractivity contribution in [2.24, 2.45) is 0 Å². The van der Waals surface area contributed by atoms with Crippen molar-refractivity contribution in [3.05, 3.63) is 12.7 Å². The zero-order valence-corrected chi connectivity index (χ0v) is 11.0. The van der Waals surface area contributed by atoms with Crippen molar-refractivity contribution in [3.63, 3.8) is 0 Å². The van der Waals surface area contributed by atoms with E-state index in [1.54, 1.807) is 0 Å². The Labute approximate surface area is 79.0 Å². The molecule has 0 N–H and O–H groups in total. The third-order valence-corrected chi connectivity index (χ3v) is 3.21. The average molecular weight is 154 g/mol. The first kappa shape index (κ1) is 15.8. The molecule has 0 bridgehead atoms. The number of nitrogens with zero attached hydrogens (tertiary/aromatic N) is 2. The van der Waals surface area contributed by atoms with Crippen LogP contribution in [0.5, 0.6) is 0 Å². The van der Waals surface area contributed by atoms with Gasteiger partial charge in [-0.25, -0.2) is 0 Å². The smallest absolute Gasteiger partial charge is 1.00 e. The van der Waals surface area contributed by atoms with Crippen molar-refractivity contribution in [3.8, 4) is 0 Å². The molecule has 0 amide bonds. The van der Waals surface area contributed by atoms with Gasteiger partial charge in [0, 0.05) is 19.8 Å². The van der Waals surface area contributed by atoms with E-state index in [1.807, 2.05) is 6.08 Å². The first-order valence-electron chi connectivity index (χ1n) is 2.22. The Balaban J connectivity index is -0.0000000286. The van der Waals surface area contributed by atoms with Crippen molar-refractivity contribution in [2.75, 3.05) is 0 Å². The van der Waals surface area contributed by atoms with Crippen LogP contribution in [0.25, 0.3) is 0 Å².